The van der Waals surface area contributed by atoms with Crippen molar-refractivity contribution >= 4 is 23.5 Å². The molecule has 1 atom stereocenters. The zero-order valence-electron chi connectivity index (χ0n) is 11.5. The van der Waals surface area contributed by atoms with Gasteiger partial charge in [0.25, 0.3) is 5.91 Å². The lowest BCUT2D eigenvalue weighted by molar-refractivity contribution is 0.0681. The van der Waals surface area contributed by atoms with Crippen LogP contribution in [0.1, 0.15) is 39.5 Å². The van der Waals surface area contributed by atoms with Crippen LogP contribution < -0.4 is 5.32 Å². The van der Waals surface area contributed by atoms with Crippen molar-refractivity contribution in [2.75, 3.05) is 7.05 Å². The van der Waals surface area contributed by atoms with Crippen LogP contribution >= 0.6 is 11.6 Å². The molecule has 0 bridgehead atoms. The zero-order chi connectivity index (χ0) is 15.6. The van der Waals surface area contributed by atoms with Gasteiger partial charge in [-0.3, -0.25) is 9.48 Å². The number of benzene rings is 1. The van der Waals surface area contributed by atoms with E-state index in [2.05, 4.69) is 10.4 Å². The first-order chi connectivity index (χ1) is 9.93. The molecule has 0 radical (unpaired) electrons. The SMILES string of the molecule is CNC(=O)c1cc(C(=O)O)n([C@@H](C)c2cccc(Cl)c2)n1. The van der Waals surface area contributed by atoms with E-state index in [9.17, 15) is 14.7 Å². The Morgan fingerprint density at radius 1 is 1.38 bits per heavy atom. The summed E-state index contributed by atoms with van der Waals surface area (Å²) >= 11 is 5.95. The number of halogens is 1. The van der Waals surface area contributed by atoms with Crippen LogP contribution in [0.5, 0.6) is 0 Å². The lowest BCUT2D eigenvalue weighted by Crippen LogP contribution is -2.19. The van der Waals surface area contributed by atoms with Crippen LogP contribution in [0.25, 0.3) is 0 Å². The molecule has 0 spiro atoms. The Kier molecular flexibility index (Phi) is 4.28. The van der Waals surface area contributed by atoms with Crippen LogP contribution in [0.3, 0.4) is 0 Å². The van der Waals surface area contributed by atoms with Crippen LogP contribution in [0.2, 0.25) is 5.02 Å². The van der Waals surface area contributed by atoms with Crippen LogP contribution in [-0.2, 0) is 0 Å². The minimum absolute atomic E-state index is 0.0546. The van der Waals surface area contributed by atoms with Gasteiger partial charge in [-0.05, 0) is 24.6 Å². The van der Waals surface area contributed by atoms with Gasteiger partial charge in [0.2, 0.25) is 0 Å². The highest BCUT2D eigenvalue weighted by Crippen LogP contribution is 2.22. The number of hydrogen-bond donors (Lipinski definition) is 2. The topological polar surface area (TPSA) is 84.2 Å². The molecule has 6 nitrogen and oxygen atoms in total. The Balaban J connectivity index is 2.49. The monoisotopic (exact) mass is 307 g/mol. The highest BCUT2D eigenvalue weighted by Gasteiger charge is 2.22. The second-order valence-corrected chi connectivity index (χ2v) is 4.91. The van der Waals surface area contributed by atoms with E-state index in [-0.39, 0.29) is 17.4 Å². The van der Waals surface area contributed by atoms with E-state index in [1.165, 1.54) is 17.8 Å². The normalized spacial score (nSPS) is 12.0. The summed E-state index contributed by atoms with van der Waals surface area (Å²) in [5, 5.41) is 16.3. The molecule has 0 aliphatic heterocycles. The number of aromatic carboxylic acids is 1. The number of amides is 1. The van der Waals surface area contributed by atoms with Gasteiger partial charge in [0.05, 0.1) is 6.04 Å². The second kappa shape index (κ2) is 5.97. The molecule has 0 fully saturated rings. The van der Waals surface area contributed by atoms with Crippen molar-refractivity contribution in [3.05, 3.63) is 52.3 Å². The summed E-state index contributed by atoms with van der Waals surface area (Å²) in [4.78, 5) is 22.9. The quantitative estimate of drug-likeness (QED) is 0.907. The third kappa shape index (κ3) is 3.05. The first kappa shape index (κ1) is 15.1. The van der Waals surface area contributed by atoms with Gasteiger partial charge in [-0.15, -0.1) is 0 Å². The number of rotatable bonds is 4. The Morgan fingerprint density at radius 2 is 2.10 bits per heavy atom. The molecule has 2 aromatic rings. The molecule has 1 aromatic heterocycles. The molecule has 0 unspecified atom stereocenters. The molecule has 0 aliphatic rings. The summed E-state index contributed by atoms with van der Waals surface area (Å²) in [6.45, 7) is 1.79. The van der Waals surface area contributed by atoms with Crippen molar-refractivity contribution in [3.8, 4) is 0 Å². The van der Waals surface area contributed by atoms with Crippen LogP contribution in [-0.4, -0.2) is 33.8 Å². The molecule has 0 saturated carbocycles. The summed E-state index contributed by atoms with van der Waals surface area (Å²) in [6.07, 6.45) is 0. The van der Waals surface area contributed by atoms with Gasteiger partial charge in [-0.25, -0.2) is 4.79 Å². The average molecular weight is 308 g/mol. The Labute approximate surface area is 126 Å². The van der Waals surface area contributed by atoms with Gasteiger partial charge >= 0.3 is 5.97 Å². The standard InChI is InChI=1S/C14H14ClN3O3/c1-8(9-4-3-5-10(15)6-9)18-12(14(20)21)7-11(17-18)13(19)16-2/h3-8H,1-2H3,(H,16,19)(H,20,21)/t8-/m0/s1. The number of carboxylic acids is 1. The average Bonchev–Trinajstić information content (AvgIpc) is 2.91. The fourth-order valence-electron chi connectivity index (χ4n) is 2.00. The maximum absolute atomic E-state index is 11.6. The smallest absolute Gasteiger partial charge is 0.354 e. The molecular formula is C14H14ClN3O3. The van der Waals surface area contributed by atoms with Crippen LogP contribution in [0, 0.1) is 0 Å². The number of nitrogens with zero attached hydrogens (tertiary/aromatic N) is 2. The van der Waals surface area contributed by atoms with E-state index in [1.807, 2.05) is 6.07 Å². The highest BCUT2D eigenvalue weighted by molar-refractivity contribution is 6.30. The highest BCUT2D eigenvalue weighted by atomic mass is 35.5. The van der Waals surface area contributed by atoms with E-state index in [1.54, 1.807) is 25.1 Å². The molecule has 1 amide bonds. The van der Waals surface area contributed by atoms with Gasteiger partial charge in [0, 0.05) is 18.1 Å². The van der Waals surface area contributed by atoms with E-state index in [4.69, 9.17) is 11.6 Å². The summed E-state index contributed by atoms with van der Waals surface area (Å²) in [7, 11) is 1.46. The van der Waals surface area contributed by atoms with Gasteiger partial charge in [0.1, 0.15) is 5.69 Å². The van der Waals surface area contributed by atoms with Gasteiger partial charge in [0.15, 0.2) is 5.69 Å². The van der Waals surface area contributed by atoms with E-state index in [0.29, 0.717) is 5.02 Å². The van der Waals surface area contributed by atoms with Crippen molar-refractivity contribution in [3.63, 3.8) is 0 Å². The zero-order valence-corrected chi connectivity index (χ0v) is 12.3. The fraction of sp³-hybridized carbons (Fsp3) is 0.214. The fourth-order valence-corrected chi connectivity index (χ4v) is 2.19. The van der Waals surface area contributed by atoms with Crippen molar-refractivity contribution in [1.29, 1.82) is 0 Å². The first-order valence-electron chi connectivity index (χ1n) is 6.24. The van der Waals surface area contributed by atoms with Crippen molar-refractivity contribution in [2.24, 2.45) is 0 Å². The second-order valence-electron chi connectivity index (χ2n) is 4.47. The molecule has 1 aromatic carbocycles. The summed E-state index contributed by atoms with van der Waals surface area (Å²) in [5.74, 6) is -1.58. The number of nitrogens with one attached hydrogen (secondary N) is 1. The van der Waals surface area contributed by atoms with Crippen molar-refractivity contribution < 1.29 is 14.7 Å². The number of carboxylic acid groups (broad SMARTS) is 1. The molecule has 2 rings (SSSR count). The summed E-state index contributed by atoms with van der Waals surface area (Å²) in [5.41, 5.74) is 0.807. The largest absolute Gasteiger partial charge is 0.477 e. The van der Waals surface area contributed by atoms with Crippen LogP contribution in [0.15, 0.2) is 30.3 Å². The molecule has 1 heterocycles. The van der Waals surface area contributed by atoms with Gasteiger partial charge < -0.3 is 10.4 Å². The van der Waals surface area contributed by atoms with Gasteiger partial charge in [-0.2, -0.15) is 5.10 Å². The maximum atomic E-state index is 11.6. The van der Waals surface area contributed by atoms with Crippen molar-refractivity contribution in [1.82, 2.24) is 15.1 Å². The number of hydrogen-bond acceptors (Lipinski definition) is 3. The predicted molar refractivity (Wildman–Crippen MR) is 77.8 cm³/mol. The maximum Gasteiger partial charge on any atom is 0.354 e. The Bertz CT molecular complexity index is 697. The van der Waals surface area contributed by atoms with E-state index >= 15 is 0 Å². The molecular weight excluding hydrogens is 294 g/mol. The molecule has 21 heavy (non-hydrogen) atoms. The molecule has 110 valence electrons. The van der Waals surface area contributed by atoms with Crippen molar-refractivity contribution in [2.45, 2.75) is 13.0 Å². The number of carbonyl (C=O) groups is 2. The number of aromatic nitrogens is 2. The Hall–Kier alpha value is -2.34. The molecule has 0 aliphatic carbocycles. The minimum atomic E-state index is -1.15. The first-order valence-corrected chi connectivity index (χ1v) is 6.62. The lowest BCUT2D eigenvalue weighted by atomic mass is 10.1. The lowest BCUT2D eigenvalue weighted by Gasteiger charge is -2.14. The molecule has 2 N–H and O–H groups in total. The minimum Gasteiger partial charge on any atom is -0.477 e. The molecule has 7 heteroatoms. The van der Waals surface area contributed by atoms with E-state index in [0.717, 1.165) is 5.56 Å². The molecule has 0 saturated heterocycles. The third-order valence-electron chi connectivity index (χ3n) is 3.11. The van der Waals surface area contributed by atoms with Gasteiger partial charge in [-0.1, -0.05) is 23.7 Å². The van der Waals surface area contributed by atoms with E-state index < -0.39 is 11.9 Å². The summed E-state index contributed by atoms with van der Waals surface area (Å²) in [6, 6.07) is 7.95. The van der Waals surface area contributed by atoms with Crippen LogP contribution in [0.4, 0.5) is 0 Å². The third-order valence-corrected chi connectivity index (χ3v) is 3.35. The Morgan fingerprint density at radius 3 is 2.67 bits per heavy atom. The predicted octanol–water partition coefficient (Wildman–Crippen LogP) is 2.20. The summed E-state index contributed by atoms with van der Waals surface area (Å²) < 4.78 is 1.30. The number of carbonyl (C=O) groups excluding carboxylic acids is 1.